The Bertz CT molecular complexity index is 1310. The molecule has 0 spiro atoms. The van der Waals surface area contributed by atoms with Crippen LogP contribution in [0.5, 0.6) is 0 Å². The second-order valence-corrected chi connectivity index (χ2v) is 7.52. The third kappa shape index (κ3) is 4.45. The first-order valence-electron chi connectivity index (χ1n) is 10.6. The van der Waals surface area contributed by atoms with Gasteiger partial charge >= 0.3 is 0 Å². The molecule has 0 bridgehead atoms. The zero-order valence-electron chi connectivity index (χ0n) is 18.6. The van der Waals surface area contributed by atoms with Crippen molar-refractivity contribution < 1.29 is 18.5 Å². The molecule has 2 amide bonds. The molecule has 8 heteroatoms. The van der Waals surface area contributed by atoms with Crippen LogP contribution in [0.4, 0.5) is 10.1 Å². The highest BCUT2D eigenvalue weighted by Gasteiger charge is 2.20. The summed E-state index contributed by atoms with van der Waals surface area (Å²) in [6.07, 6.45) is 0. The Morgan fingerprint density at radius 1 is 1.03 bits per heavy atom. The maximum Gasteiger partial charge on any atom is 0.259 e. The molecule has 2 aromatic carbocycles. The summed E-state index contributed by atoms with van der Waals surface area (Å²) in [7, 11) is 0. The first kappa shape index (κ1) is 22.1. The van der Waals surface area contributed by atoms with Crippen molar-refractivity contribution in [3.8, 4) is 11.3 Å². The van der Waals surface area contributed by atoms with Crippen molar-refractivity contribution in [1.29, 1.82) is 0 Å². The number of carbonyl (C=O) groups excluding carboxylic acids is 2. The lowest BCUT2D eigenvalue weighted by atomic mass is 10.0. The molecule has 4 rings (SSSR count). The Balaban J connectivity index is 1.64. The highest BCUT2D eigenvalue weighted by Crippen LogP contribution is 2.28. The Morgan fingerprint density at radius 3 is 2.33 bits per heavy atom. The summed E-state index contributed by atoms with van der Waals surface area (Å²) >= 11 is 0. The summed E-state index contributed by atoms with van der Waals surface area (Å²) < 4.78 is 18.6. The zero-order valence-corrected chi connectivity index (χ0v) is 18.6. The van der Waals surface area contributed by atoms with Crippen LogP contribution >= 0.6 is 0 Å². The molecule has 2 heterocycles. The number of fused-ring (bicyclic) bond motifs is 1. The van der Waals surface area contributed by atoms with Gasteiger partial charge in [-0.15, -0.1) is 0 Å². The number of benzene rings is 2. The van der Waals surface area contributed by atoms with E-state index < -0.39 is 0 Å². The minimum absolute atomic E-state index is 0.0576. The van der Waals surface area contributed by atoms with Gasteiger partial charge in [0, 0.05) is 29.9 Å². The fourth-order valence-electron chi connectivity index (χ4n) is 3.63. The van der Waals surface area contributed by atoms with Gasteiger partial charge in [-0.2, -0.15) is 0 Å². The number of rotatable bonds is 6. The van der Waals surface area contributed by atoms with Crippen LogP contribution in [0.25, 0.3) is 22.4 Å². The topological polar surface area (TPSA) is 88.3 Å². The summed E-state index contributed by atoms with van der Waals surface area (Å²) in [5.41, 5.74) is 3.29. The number of aryl methyl sites for hydroxylation is 1. The van der Waals surface area contributed by atoms with E-state index in [1.54, 1.807) is 54.3 Å². The van der Waals surface area contributed by atoms with Gasteiger partial charge in [-0.1, -0.05) is 5.16 Å². The normalized spacial score (nSPS) is 10.9. The van der Waals surface area contributed by atoms with Gasteiger partial charge in [0.15, 0.2) is 0 Å². The van der Waals surface area contributed by atoms with E-state index in [2.05, 4.69) is 15.5 Å². The molecule has 0 aliphatic rings. The van der Waals surface area contributed by atoms with E-state index in [-0.39, 0.29) is 23.3 Å². The smallest absolute Gasteiger partial charge is 0.259 e. The lowest BCUT2D eigenvalue weighted by Crippen LogP contribution is -2.30. The molecule has 33 heavy (non-hydrogen) atoms. The summed E-state index contributed by atoms with van der Waals surface area (Å²) in [5, 5.41) is 7.30. The number of hydrogen-bond donors (Lipinski definition) is 1. The maximum atomic E-state index is 13.3. The van der Waals surface area contributed by atoms with Crippen molar-refractivity contribution in [2.45, 2.75) is 20.8 Å². The van der Waals surface area contributed by atoms with Crippen molar-refractivity contribution in [1.82, 2.24) is 15.0 Å². The lowest BCUT2D eigenvalue weighted by molar-refractivity contribution is 0.0773. The highest BCUT2D eigenvalue weighted by atomic mass is 19.1. The average Bonchev–Trinajstić information content (AvgIpc) is 3.20. The molecule has 7 nitrogen and oxygen atoms in total. The van der Waals surface area contributed by atoms with Gasteiger partial charge in [-0.3, -0.25) is 9.59 Å². The van der Waals surface area contributed by atoms with Crippen molar-refractivity contribution >= 4 is 28.6 Å². The molecule has 4 aromatic rings. The third-order valence-electron chi connectivity index (χ3n) is 5.44. The third-order valence-corrected chi connectivity index (χ3v) is 5.44. The molecule has 0 saturated heterocycles. The first-order valence-corrected chi connectivity index (χ1v) is 10.6. The standard InChI is InChI=1S/C25H23FN4O3/c1-4-30(5-2)25(32)17-8-12-19(13-9-17)27-23(31)20-14-21(16-6-10-18(26)11-7-16)28-24-22(20)15(3)29-33-24/h6-14H,4-5H2,1-3H3,(H,27,31). The van der Waals surface area contributed by atoms with Gasteiger partial charge in [0.2, 0.25) is 0 Å². The predicted octanol–water partition coefficient (Wildman–Crippen LogP) is 5.07. The van der Waals surface area contributed by atoms with Crippen LogP contribution in [0.1, 0.15) is 40.3 Å². The molecule has 0 aliphatic heterocycles. The van der Waals surface area contributed by atoms with E-state index >= 15 is 0 Å². The lowest BCUT2D eigenvalue weighted by Gasteiger charge is -2.18. The summed E-state index contributed by atoms with van der Waals surface area (Å²) in [5.74, 6) is -0.797. The predicted molar refractivity (Wildman–Crippen MR) is 124 cm³/mol. The number of nitrogens with one attached hydrogen (secondary N) is 1. The van der Waals surface area contributed by atoms with Crippen LogP contribution < -0.4 is 5.32 Å². The van der Waals surface area contributed by atoms with Gasteiger partial charge in [-0.05, 0) is 75.4 Å². The zero-order chi connectivity index (χ0) is 23.5. The average molecular weight is 446 g/mol. The molecular formula is C25H23FN4O3. The number of halogens is 1. The number of carbonyl (C=O) groups is 2. The molecule has 0 atom stereocenters. The molecule has 0 fully saturated rings. The first-order chi connectivity index (χ1) is 15.9. The van der Waals surface area contributed by atoms with Gasteiger partial charge in [0.25, 0.3) is 17.5 Å². The molecular weight excluding hydrogens is 423 g/mol. The molecule has 0 saturated carbocycles. The minimum atomic E-state index is -0.375. The van der Waals surface area contributed by atoms with Crippen LogP contribution in [-0.2, 0) is 0 Å². The molecule has 0 radical (unpaired) electrons. The molecule has 2 aromatic heterocycles. The SMILES string of the molecule is CCN(CC)C(=O)c1ccc(NC(=O)c2cc(-c3ccc(F)cc3)nc3onc(C)c23)cc1. The summed E-state index contributed by atoms with van der Waals surface area (Å²) in [6.45, 7) is 6.84. The number of anilines is 1. The molecule has 1 N–H and O–H groups in total. The van der Waals surface area contributed by atoms with Crippen LogP contribution in [0.2, 0.25) is 0 Å². The van der Waals surface area contributed by atoms with E-state index in [4.69, 9.17) is 4.52 Å². The van der Waals surface area contributed by atoms with E-state index in [0.717, 1.165) is 0 Å². The number of hydrogen-bond acceptors (Lipinski definition) is 5. The van der Waals surface area contributed by atoms with Crippen molar-refractivity contribution in [3.63, 3.8) is 0 Å². The van der Waals surface area contributed by atoms with E-state index in [1.165, 1.54) is 12.1 Å². The van der Waals surface area contributed by atoms with Crippen molar-refractivity contribution in [2.24, 2.45) is 0 Å². The number of amides is 2. The van der Waals surface area contributed by atoms with E-state index in [9.17, 15) is 14.0 Å². The monoisotopic (exact) mass is 446 g/mol. The van der Waals surface area contributed by atoms with Crippen molar-refractivity contribution in [2.75, 3.05) is 18.4 Å². The quantitative estimate of drug-likeness (QED) is 0.447. The van der Waals surface area contributed by atoms with E-state index in [0.29, 0.717) is 52.2 Å². The summed E-state index contributed by atoms with van der Waals surface area (Å²) in [6, 6.07) is 14.2. The summed E-state index contributed by atoms with van der Waals surface area (Å²) in [4.78, 5) is 31.9. The Morgan fingerprint density at radius 2 is 1.70 bits per heavy atom. The maximum absolute atomic E-state index is 13.3. The minimum Gasteiger partial charge on any atom is -0.339 e. The van der Waals surface area contributed by atoms with Crippen LogP contribution in [0.15, 0.2) is 59.1 Å². The van der Waals surface area contributed by atoms with Gasteiger partial charge in [0.05, 0.1) is 22.3 Å². The molecule has 168 valence electrons. The second-order valence-electron chi connectivity index (χ2n) is 7.52. The van der Waals surface area contributed by atoms with Crippen molar-refractivity contribution in [3.05, 3.63) is 77.2 Å². The van der Waals surface area contributed by atoms with Gasteiger partial charge in [-0.25, -0.2) is 9.37 Å². The Kier molecular flexibility index (Phi) is 6.17. The van der Waals surface area contributed by atoms with Crippen LogP contribution in [0.3, 0.4) is 0 Å². The number of aromatic nitrogens is 2. The number of pyridine rings is 1. The second kappa shape index (κ2) is 9.20. The van der Waals surface area contributed by atoms with Gasteiger partial charge < -0.3 is 14.7 Å². The fourth-order valence-corrected chi connectivity index (χ4v) is 3.63. The molecule has 0 unspecified atom stereocenters. The fraction of sp³-hybridized carbons (Fsp3) is 0.200. The van der Waals surface area contributed by atoms with Crippen LogP contribution in [0, 0.1) is 12.7 Å². The highest BCUT2D eigenvalue weighted by molar-refractivity contribution is 6.13. The Labute approximate surface area is 190 Å². The Hall–Kier alpha value is -4.07. The largest absolute Gasteiger partial charge is 0.339 e. The number of nitrogens with zero attached hydrogens (tertiary/aromatic N) is 3. The molecule has 0 aliphatic carbocycles. The van der Waals surface area contributed by atoms with Crippen LogP contribution in [-0.4, -0.2) is 39.9 Å². The van der Waals surface area contributed by atoms with Gasteiger partial charge in [0.1, 0.15) is 5.82 Å². The van der Waals surface area contributed by atoms with E-state index in [1.807, 2.05) is 13.8 Å².